The number of halogens is 1. The van der Waals surface area contributed by atoms with Crippen molar-refractivity contribution < 1.29 is 0 Å². The summed E-state index contributed by atoms with van der Waals surface area (Å²) in [5, 5.41) is 0.318. The van der Waals surface area contributed by atoms with E-state index in [1.54, 1.807) is 0 Å². The minimum Gasteiger partial charge on any atom is -0.295 e. The van der Waals surface area contributed by atoms with E-state index in [4.69, 9.17) is 11.6 Å². The van der Waals surface area contributed by atoms with Crippen LogP contribution >= 0.6 is 11.6 Å². The van der Waals surface area contributed by atoms with Crippen LogP contribution in [0.4, 0.5) is 0 Å². The molecule has 2 nitrogen and oxygen atoms in total. The predicted octanol–water partition coefficient (Wildman–Crippen LogP) is 2.59. The van der Waals surface area contributed by atoms with Gasteiger partial charge in [-0.05, 0) is 31.9 Å². The molecule has 1 aliphatic heterocycles. The van der Waals surface area contributed by atoms with Crippen molar-refractivity contribution in [1.82, 2.24) is 9.88 Å². The van der Waals surface area contributed by atoms with Crippen LogP contribution in [0.1, 0.15) is 24.6 Å². The molecule has 2 heterocycles. The average molecular weight is 225 g/mol. The van der Waals surface area contributed by atoms with E-state index in [0.29, 0.717) is 11.4 Å². The summed E-state index contributed by atoms with van der Waals surface area (Å²) in [6.45, 7) is 6.22. The Morgan fingerprint density at radius 2 is 2.33 bits per heavy atom. The molecule has 2 rings (SSSR count). The van der Waals surface area contributed by atoms with Crippen molar-refractivity contribution in [3.8, 4) is 0 Å². The fraction of sp³-hybridized carbons (Fsp3) is 0.583. The summed E-state index contributed by atoms with van der Waals surface area (Å²) in [6, 6.07) is 4.80. The molecule has 2 unspecified atom stereocenters. The highest BCUT2D eigenvalue weighted by molar-refractivity contribution is 6.21. The van der Waals surface area contributed by atoms with Crippen LogP contribution in [-0.4, -0.2) is 27.8 Å². The molecule has 0 spiro atoms. The van der Waals surface area contributed by atoms with Crippen LogP contribution in [-0.2, 0) is 6.54 Å². The topological polar surface area (TPSA) is 16.1 Å². The second-order valence-corrected chi connectivity index (χ2v) is 5.04. The maximum Gasteiger partial charge on any atom is 0.0478 e. The molecule has 0 N–H and O–H groups in total. The summed E-state index contributed by atoms with van der Waals surface area (Å²) < 4.78 is 0. The minimum atomic E-state index is 0.318. The molecule has 15 heavy (non-hydrogen) atoms. The van der Waals surface area contributed by atoms with E-state index >= 15 is 0 Å². The van der Waals surface area contributed by atoms with Crippen molar-refractivity contribution in [1.29, 1.82) is 0 Å². The number of aryl methyl sites for hydroxylation is 1. The average Bonchev–Trinajstić information content (AvgIpc) is 2.49. The van der Waals surface area contributed by atoms with Crippen LogP contribution in [0.5, 0.6) is 0 Å². The van der Waals surface area contributed by atoms with Gasteiger partial charge in [-0.3, -0.25) is 9.88 Å². The molecular formula is C12H17ClN2. The van der Waals surface area contributed by atoms with E-state index in [1.807, 2.05) is 13.1 Å². The van der Waals surface area contributed by atoms with Crippen molar-refractivity contribution in [3.05, 3.63) is 29.6 Å². The number of pyridine rings is 1. The van der Waals surface area contributed by atoms with Gasteiger partial charge in [-0.15, -0.1) is 11.6 Å². The zero-order chi connectivity index (χ0) is 10.8. The highest BCUT2D eigenvalue weighted by atomic mass is 35.5. The lowest BCUT2D eigenvalue weighted by Gasteiger charge is -2.20. The van der Waals surface area contributed by atoms with E-state index in [0.717, 1.165) is 25.2 Å². The second kappa shape index (κ2) is 4.50. The molecule has 0 amide bonds. The van der Waals surface area contributed by atoms with Gasteiger partial charge >= 0.3 is 0 Å². The third kappa shape index (κ3) is 2.70. The van der Waals surface area contributed by atoms with Gasteiger partial charge in [0.2, 0.25) is 0 Å². The first-order valence-corrected chi connectivity index (χ1v) is 5.88. The first-order valence-electron chi connectivity index (χ1n) is 5.45. The van der Waals surface area contributed by atoms with Crippen LogP contribution in [0.2, 0.25) is 0 Å². The summed E-state index contributed by atoms with van der Waals surface area (Å²) in [4.78, 5) is 6.73. The zero-order valence-electron chi connectivity index (χ0n) is 9.28. The summed E-state index contributed by atoms with van der Waals surface area (Å²) in [6.07, 6.45) is 3.06. The summed E-state index contributed by atoms with van der Waals surface area (Å²) >= 11 is 6.14. The van der Waals surface area contributed by atoms with Gasteiger partial charge in [-0.25, -0.2) is 0 Å². The largest absolute Gasteiger partial charge is 0.295 e. The molecule has 82 valence electrons. The molecular weight excluding hydrogens is 208 g/mol. The summed E-state index contributed by atoms with van der Waals surface area (Å²) in [7, 11) is 0. The van der Waals surface area contributed by atoms with Crippen LogP contribution in [0.3, 0.4) is 0 Å². The van der Waals surface area contributed by atoms with Crippen molar-refractivity contribution in [2.24, 2.45) is 0 Å². The third-order valence-electron chi connectivity index (χ3n) is 3.01. The van der Waals surface area contributed by atoms with E-state index in [1.165, 1.54) is 5.56 Å². The number of rotatable bonds is 2. The fourth-order valence-corrected chi connectivity index (χ4v) is 2.51. The Morgan fingerprint density at radius 1 is 1.53 bits per heavy atom. The molecule has 3 heteroatoms. The first kappa shape index (κ1) is 10.9. The van der Waals surface area contributed by atoms with Crippen LogP contribution in [0.25, 0.3) is 0 Å². The van der Waals surface area contributed by atoms with Crippen LogP contribution < -0.4 is 0 Å². The van der Waals surface area contributed by atoms with Gasteiger partial charge in [0.25, 0.3) is 0 Å². The van der Waals surface area contributed by atoms with Gasteiger partial charge < -0.3 is 0 Å². The number of likely N-dealkylation sites (tertiary alicyclic amines) is 1. The maximum absolute atomic E-state index is 6.14. The van der Waals surface area contributed by atoms with Gasteiger partial charge in [-0.1, -0.05) is 6.07 Å². The van der Waals surface area contributed by atoms with E-state index in [-0.39, 0.29) is 0 Å². The minimum absolute atomic E-state index is 0.318. The SMILES string of the molecule is Cc1ccc(CN2CC(Cl)CC2C)cn1. The van der Waals surface area contributed by atoms with Gasteiger partial charge in [-0.2, -0.15) is 0 Å². The van der Waals surface area contributed by atoms with E-state index < -0.39 is 0 Å². The molecule has 1 aromatic heterocycles. The predicted molar refractivity (Wildman–Crippen MR) is 63.1 cm³/mol. The lowest BCUT2D eigenvalue weighted by atomic mass is 10.2. The number of aromatic nitrogens is 1. The molecule has 0 bridgehead atoms. The molecule has 1 aromatic rings. The maximum atomic E-state index is 6.14. The molecule has 1 aliphatic rings. The summed E-state index contributed by atoms with van der Waals surface area (Å²) in [5.74, 6) is 0. The van der Waals surface area contributed by atoms with Gasteiger partial charge in [0.1, 0.15) is 0 Å². The number of alkyl halides is 1. The normalized spacial score (nSPS) is 27.1. The van der Waals surface area contributed by atoms with Crippen molar-refractivity contribution in [2.45, 2.75) is 38.2 Å². The first-order chi connectivity index (χ1) is 7.15. The van der Waals surface area contributed by atoms with Crippen LogP contribution in [0, 0.1) is 6.92 Å². The highest BCUT2D eigenvalue weighted by Gasteiger charge is 2.27. The van der Waals surface area contributed by atoms with Crippen molar-refractivity contribution in [2.75, 3.05) is 6.54 Å². The molecule has 0 aromatic carbocycles. The summed E-state index contributed by atoms with van der Waals surface area (Å²) in [5.41, 5.74) is 2.35. The second-order valence-electron chi connectivity index (χ2n) is 4.42. The monoisotopic (exact) mass is 224 g/mol. The molecule has 1 saturated heterocycles. The van der Waals surface area contributed by atoms with Gasteiger partial charge in [0.15, 0.2) is 0 Å². The lowest BCUT2D eigenvalue weighted by Crippen LogP contribution is -2.26. The van der Waals surface area contributed by atoms with Gasteiger partial charge in [0, 0.05) is 36.4 Å². The third-order valence-corrected chi connectivity index (χ3v) is 3.33. The fourth-order valence-electron chi connectivity index (χ4n) is 2.07. The smallest absolute Gasteiger partial charge is 0.0478 e. The lowest BCUT2D eigenvalue weighted by molar-refractivity contribution is 0.260. The number of hydrogen-bond donors (Lipinski definition) is 0. The Bertz CT molecular complexity index is 323. The molecule has 0 aliphatic carbocycles. The van der Waals surface area contributed by atoms with Crippen molar-refractivity contribution >= 4 is 11.6 Å². The quantitative estimate of drug-likeness (QED) is 0.718. The Hall–Kier alpha value is -0.600. The molecule has 0 radical (unpaired) electrons. The van der Waals surface area contributed by atoms with Crippen molar-refractivity contribution in [3.63, 3.8) is 0 Å². The Balaban J connectivity index is 2.00. The standard InChI is InChI=1S/C12H17ClN2/c1-9-3-4-11(6-14-9)7-15-8-12(13)5-10(15)2/h3-4,6,10,12H,5,7-8H2,1-2H3. The molecule has 0 saturated carbocycles. The van der Waals surface area contributed by atoms with Crippen LogP contribution in [0.15, 0.2) is 18.3 Å². The Kier molecular flexibility index (Phi) is 3.27. The molecule has 2 atom stereocenters. The molecule has 1 fully saturated rings. The Morgan fingerprint density at radius 3 is 2.87 bits per heavy atom. The van der Waals surface area contributed by atoms with E-state index in [9.17, 15) is 0 Å². The number of hydrogen-bond acceptors (Lipinski definition) is 2. The van der Waals surface area contributed by atoms with E-state index in [2.05, 4.69) is 28.9 Å². The zero-order valence-corrected chi connectivity index (χ0v) is 10.0. The Labute approximate surface area is 96.3 Å². The number of nitrogens with zero attached hydrogens (tertiary/aromatic N) is 2. The highest BCUT2D eigenvalue weighted by Crippen LogP contribution is 2.23. The van der Waals surface area contributed by atoms with Gasteiger partial charge in [0.05, 0.1) is 0 Å².